The average Bonchev–Trinajstić information content (AvgIpc) is 3.20. The van der Waals surface area contributed by atoms with Crippen LogP contribution in [0.1, 0.15) is 104 Å². The molecule has 0 saturated carbocycles. The molecule has 3 unspecified atom stereocenters. The largest absolute Gasteiger partial charge is 0.370 e. The topological polar surface area (TPSA) is 38.5 Å². The highest BCUT2D eigenvalue weighted by Crippen LogP contribution is 2.31. The van der Waals surface area contributed by atoms with Crippen molar-refractivity contribution in [2.75, 3.05) is 0 Å². The molecular weight excluding hydrogens is 258 g/mol. The van der Waals surface area contributed by atoms with E-state index in [0.717, 1.165) is 0 Å². The lowest BCUT2D eigenvalue weighted by molar-refractivity contribution is 0.347. The van der Waals surface area contributed by atoms with Crippen LogP contribution in [-0.4, -0.2) is 18.2 Å². The number of rotatable bonds is 15. The van der Waals surface area contributed by atoms with Crippen LogP contribution in [0.4, 0.5) is 0 Å². The molecule has 1 fully saturated rings. The first kappa shape index (κ1) is 19.0. The molecule has 126 valence electrons. The van der Waals surface area contributed by atoms with E-state index in [0.29, 0.717) is 18.2 Å². The second kappa shape index (κ2) is 12.5. The van der Waals surface area contributed by atoms with Crippen molar-refractivity contribution in [2.24, 2.45) is 5.73 Å². The van der Waals surface area contributed by atoms with Gasteiger partial charge in [0.05, 0.1) is 12.2 Å². The minimum absolute atomic E-state index is 0.382. The van der Waals surface area contributed by atoms with Crippen molar-refractivity contribution in [1.82, 2.24) is 0 Å². The Morgan fingerprint density at radius 2 is 1.24 bits per heavy atom. The fraction of sp³-hybridized carbons (Fsp3) is 1.00. The Bertz CT molecular complexity index is 230. The van der Waals surface area contributed by atoms with Gasteiger partial charge in [0, 0.05) is 6.04 Å². The molecule has 1 aliphatic heterocycles. The predicted octanol–water partition coefficient (Wildman–Crippen LogP) is 5.58. The van der Waals surface area contributed by atoms with Crippen LogP contribution in [0.15, 0.2) is 0 Å². The molecule has 0 aromatic carbocycles. The van der Waals surface area contributed by atoms with Crippen LogP contribution < -0.4 is 5.73 Å². The van der Waals surface area contributed by atoms with Crippen LogP contribution in [0.5, 0.6) is 0 Å². The van der Waals surface area contributed by atoms with E-state index in [9.17, 15) is 0 Å². The molecule has 3 atom stereocenters. The third-order valence-electron chi connectivity index (χ3n) is 4.68. The fourth-order valence-corrected chi connectivity index (χ4v) is 3.16. The van der Waals surface area contributed by atoms with E-state index in [1.165, 1.54) is 89.9 Å². The van der Waals surface area contributed by atoms with Gasteiger partial charge in [-0.1, -0.05) is 77.6 Å². The SMILES string of the molecule is CCCCCCCCC1OC1CCCCCCCC(C)N. The molecule has 0 aromatic rings. The summed E-state index contributed by atoms with van der Waals surface area (Å²) < 4.78 is 5.79. The lowest BCUT2D eigenvalue weighted by atomic mass is 10.0. The second-order valence-electron chi connectivity index (χ2n) is 7.09. The maximum atomic E-state index is 5.79. The number of nitrogens with two attached hydrogens (primary N) is 1. The molecule has 0 amide bonds. The van der Waals surface area contributed by atoms with Crippen LogP contribution in [0, 0.1) is 0 Å². The Hall–Kier alpha value is -0.0800. The van der Waals surface area contributed by atoms with Crippen LogP contribution >= 0.6 is 0 Å². The van der Waals surface area contributed by atoms with Gasteiger partial charge in [0.1, 0.15) is 0 Å². The van der Waals surface area contributed by atoms with Crippen molar-refractivity contribution in [3.63, 3.8) is 0 Å². The van der Waals surface area contributed by atoms with Gasteiger partial charge in [-0.05, 0) is 26.2 Å². The number of epoxide rings is 1. The smallest absolute Gasteiger partial charge is 0.0841 e. The number of ether oxygens (including phenoxy) is 1. The second-order valence-corrected chi connectivity index (χ2v) is 7.09. The van der Waals surface area contributed by atoms with Crippen LogP contribution in [0.2, 0.25) is 0 Å². The third-order valence-corrected chi connectivity index (χ3v) is 4.68. The molecule has 1 aliphatic rings. The molecule has 0 bridgehead atoms. The Kier molecular flexibility index (Phi) is 11.3. The fourth-order valence-electron chi connectivity index (χ4n) is 3.16. The van der Waals surface area contributed by atoms with Crippen LogP contribution in [0.25, 0.3) is 0 Å². The zero-order chi connectivity index (χ0) is 15.3. The summed E-state index contributed by atoms with van der Waals surface area (Å²) in [5.74, 6) is 0. The first-order valence-electron chi connectivity index (χ1n) is 9.65. The molecule has 2 heteroatoms. The van der Waals surface area contributed by atoms with Gasteiger partial charge in [0.15, 0.2) is 0 Å². The summed E-state index contributed by atoms with van der Waals surface area (Å²) >= 11 is 0. The molecule has 0 aromatic heterocycles. The molecule has 0 radical (unpaired) electrons. The molecule has 0 spiro atoms. The van der Waals surface area contributed by atoms with Gasteiger partial charge in [-0.25, -0.2) is 0 Å². The summed E-state index contributed by atoms with van der Waals surface area (Å²) in [5, 5.41) is 0. The van der Waals surface area contributed by atoms with Crippen LogP contribution in [0.3, 0.4) is 0 Å². The van der Waals surface area contributed by atoms with Crippen molar-refractivity contribution >= 4 is 0 Å². The Morgan fingerprint density at radius 3 is 1.76 bits per heavy atom. The molecule has 1 heterocycles. The van der Waals surface area contributed by atoms with E-state index in [4.69, 9.17) is 10.5 Å². The highest BCUT2D eigenvalue weighted by Gasteiger charge is 2.36. The van der Waals surface area contributed by atoms with E-state index < -0.39 is 0 Å². The maximum Gasteiger partial charge on any atom is 0.0841 e. The van der Waals surface area contributed by atoms with Crippen molar-refractivity contribution < 1.29 is 4.74 Å². The highest BCUT2D eigenvalue weighted by atomic mass is 16.6. The monoisotopic (exact) mass is 297 g/mol. The van der Waals surface area contributed by atoms with E-state index in [1.807, 2.05) is 0 Å². The maximum absolute atomic E-state index is 5.79. The summed E-state index contributed by atoms with van der Waals surface area (Å²) in [6, 6.07) is 0.382. The summed E-state index contributed by atoms with van der Waals surface area (Å²) in [4.78, 5) is 0. The highest BCUT2D eigenvalue weighted by molar-refractivity contribution is 4.84. The van der Waals surface area contributed by atoms with E-state index in [-0.39, 0.29) is 0 Å². The van der Waals surface area contributed by atoms with Gasteiger partial charge in [-0.3, -0.25) is 0 Å². The van der Waals surface area contributed by atoms with Gasteiger partial charge in [-0.15, -0.1) is 0 Å². The van der Waals surface area contributed by atoms with Gasteiger partial charge in [0.25, 0.3) is 0 Å². The zero-order valence-corrected chi connectivity index (χ0v) is 14.6. The first-order valence-corrected chi connectivity index (χ1v) is 9.65. The van der Waals surface area contributed by atoms with Crippen molar-refractivity contribution in [3.8, 4) is 0 Å². The Morgan fingerprint density at radius 1 is 0.762 bits per heavy atom. The predicted molar refractivity (Wildman–Crippen MR) is 92.6 cm³/mol. The van der Waals surface area contributed by atoms with Crippen molar-refractivity contribution in [2.45, 2.75) is 122 Å². The molecule has 1 rings (SSSR count). The van der Waals surface area contributed by atoms with Gasteiger partial charge >= 0.3 is 0 Å². The van der Waals surface area contributed by atoms with E-state index in [2.05, 4.69) is 13.8 Å². The minimum Gasteiger partial charge on any atom is -0.370 e. The molecular formula is C19H39NO. The van der Waals surface area contributed by atoms with Gasteiger partial charge in [-0.2, -0.15) is 0 Å². The van der Waals surface area contributed by atoms with E-state index in [1.54, 1.807) is 0 Å². The molecule has 0 aliphatic carbocycles. The quantitative estimate of drug-likeness (QED) is 0.316. The number of hydrogen-bond donors (Lipinski definition) is 1. The summed E-state index contributed by atoms with van der Waals surface area (Å²) in [6.07, 6.45) is 20.2. The minimum atomic E-state index is 0.382. The molecule has 2 nitrogen and oxygen atoms in total. The lowest BCUT2D eigenvalue weighted by Crippen LogP contribution is -2.13. The molecule has 1 saturated heterocycles. The van der Waals surface area contributed by atoms with Gasteiger partial charge in [0.2, 0.25) is 0 Å². The lowest BCUT2D eigenvalue weighted by Gasteiger charge is -2.04. The van der Waals surface area contributed by atoms with Crippen LogP contribution in [-0.2, 0) is 4.74 Å². The van der Waals surface area contributed by atoms with Gasteiger partial charge < -0.3 is 10.5 Å². The number of unbranched alkanes of at least 4 members (excludes halogenated alkanes) is 9. The van der Waals surface area contributed by atoms with Crippen molar-refractivity contribution in [3.05, 3.63) is 0 Å². The molecule has 2 N–H and O–H groups in total. The zero-order valence-electron chi connectivity index (χ0n) is 14.6. The number of hydrogen-bond acceptors (Lipinski definition) is 2. The normalized spacial score (nSPS) is 22.4. The average molecular weight is 298 g/mol. The molecule has 21 heavy (non-hydrogen) atoms. The van der Waals surface area contributed by atoms with Crippen molar-refractivity contribution in [1.29, 1.82) is 0 Å². The summed E-state index contributed by atoms with van der Waals surface area (Å²) in [6.45, 7) is 4.38. The Balaban J connectivity index is 1.76. The Labute approximate surface area is 133 Å². The summed E-state index contributed by atoms with van der Waals surface area (Å²) in [5.41, 5.74) is 5.75. The van der Waals surface area contributed by atoms with E-state index >= 15 is 0 Å². The summed E-state index contributed by atoms with van der Waals surface area (Å²) in [7, 11) is 0. The third kappa shape index (κ3) is 11.2. The first-order chi connectivity index (χ1) is 10.2. The standard InChI is InChI=1S/C19H39NO/c1-3-4-5-6-9-12-15-18-19(21-18)16-13-10-7-8-11-14-17(2)20/h17-19H,3-16,20H2,1-2H3.